The highest BCUT2D eigenvalue weighted by molar-refractivity contribution is 7.92. The van der Waals surface area contributed by atoms with Crippen molar-refractivity contribution in [3.05, 3.63) is 58.5 Å². The van der Waals surface area contributed by atoms with Gasteiger partial charge in [0.05, 0.1) is 6.61 Å². The van der Waals surface area contributed by atoms with Crippen molar-refractivity contribution < 1.29 is 13.5 Å². The number of aromatic nitrogens is 1. The third kappa shape index (κ3) is 3.01. The van der Waals surface area contributed by atoms with Crippen molar-refractivity contribution in [2.24, 2.45) is 0 Å². The lowest BCUT2D eigenvalue weighted by Gasteiger charge is -2.07. The monoisotopic (exact) mass is 280 g/mol. The fraction of sp³-hybridized carbons (Fsp3) is 0.0833. The van der Waals surface area contributed by atoms with Crippen LogP contribution in [0.2, 0.25) is 0 Å². The Morgan fingerprint density at radius 3 is 2.42 bits per heavy atom. The van der Waals surface area contributed by atoms with Crippen LogP contribution in [0.3, 0.4) is 0 Å². The number of anilines is 1. The summed E-state index contributed by atoms with van der Waals surface area (Å²) in [6.45, 7) is -0.120. The second-order valence-electron chi connectivity index (χ2n) is 3.83. The van der Waals surface area contributed by atoms with Crippen LogP contribution in [-0.4, -0.2) is 18.5 Å². The summed E-state index contributed by atoms with van der Waals surface area (Å²) in [4.78, 5) is 13.7. The van der Waals surface area contributed by atoms with Crippen molar-refractivity contribution >= 4 is 15.7 Å². The third-order valence-electron chi connectivity index (χ3n) is 2.47. The number of hydrogen-bond acceptors (Lipinski definition) is 4. The zero-order valence-corrected chi connectivity index (χ0v) is 10.6. The van der Waals surface area contributed by atoms with Gasteiger partial charge in [0.25, 0.3) is 10.0 Å². The van der Waals surface area contributed by atoms with E-state index in [1.807, 2.05) is 0 Å². The molecule has 3 N–H and O–H groups in total. The molecule has 0 bridgehead atoms. The van der Waals surface area contributed by atoms with Crippen molar-refractivity contribution in [1.82, 2.24) is 4.98 Å². The van der Waals surface area contributed by atoms with Gasteiger partial charge < -0.3 is 10.1 Å². The highest BCUT2D eigenvalue weighted by atomic mass is 32.2. The summed E-state index contributed by atoms with van der Waals surface area (Å²) in [5.74, 6) is 0. The van der Waals surface area contributed by atoms with Gasteiger partial charge in [0.1, 0.15) is 0 Å². The topological polar surface area (TPSA) is 99.3 Å². The zero-order chi connectivity index (χ0) is 13.9. The molecule has 0 fully saturated rings. The molecule has 1 aromatic carbocycles. The maximum atomic E-state index is 12.0. The number of pyridine rings is 1. The molecule has 6 nitrogen and oxygen atoms in total. The minimum atomic E-state index is -3.92. The smallest absolute Gasteiger partial charge is 0.267 e. The number of nitrogens with one attached hydrogen (secondary N) is 2. The Morgan fingerprint density at radius 2 is 1.84 bits per heavy atom. The van der Waals surface area contributed by atoms with Gasteiger partial charge >= 0.3 is 0 Å². The number of sulfonamides is 1. The number of H-pyrrole nitrogens is 1. The lowest BCUT2D eigenvalue weighted by atomic mass is 10.2. The van der Waals surface area contributed by atoms with Crippen LogP contribution >= 0.6 is 0 Å². The van der Waals surface area contributed by atoms with E-state index >= 15 is 0 Å². The van der Waals surface area contributed by atoms with E-state index in [1.54, 1.807) is 12.1 Å². The van der Waals surface area contributed by atoms with Crippen molar-refractivity contribution in [2.75, 3.05) is 4.72 Å². The minimum absolute atomic E-state index is 0.120. The summed E-state index contributed by atoms with van der Waals surface area (Å²) in [7, 11) is -3.92. The molecule has 0 aliphatic rings. The van der Waals surface area contributed by atoms with Crippen LogP contribution in [0.1, 0.15) is 5.56 Å². The Kier molecular flexibility index (Phi) is 3.68. The van der Waals surface area contributed by atoms with Crippen LogP contribution in [0.5, 0.6) is 0 Å². The van der Waals surface area contributed by atoms with Crippen molar-refractivity contribution in [3.63, 3.8) is 0 Å². The first-order chi connectivity index (χ1) is 9.03. The largest absolute Gasteiger partial charge is 0.392 e. The number of aromatic amines is 1. The Balaban J connectivity index is 2.31. The summed E-state index contributed by atoms with van der Waals surface area (Å²) in [6, 6.07) is 7.35. The lowest BCUT2D eigenvalue weighted by molar-refractivity contribution is 0.282. The normalized spacial score (nSPS) is 11.2. The number of hydrogen-bond donors (Lipinski definition) is 3. The van der Waals surface area contributed by atoms with Gasteiger partial charge in [-0.15, -0.1) is 0 Å². The molecule has 0 radical (unpaired) electrons. The molecule has 0 atom stereocenters. The summed E-state index contributed by atoms with van der Waals surface area (Å²) in [5, 5.41) is 8.89. The first kappa shape index (κ1) is 13.3. The van der Waals surface area contributed by atoms with E-state index in [1.165, 1.54) is 18.3 Å². The van der Waals surface area contributed by atoms with Crippen LogP contribution in [0, 0.1) is 0 Å². The van der Waals surface area contributed by atoms with Crippen molar-refractivity contribution in [3.8, 4) is 0 Å². The highest BCUT2D eigenvalue weighted by Gasteiger charge is 2.17. The Hall–Kier alpha value is -2.12. The summed E-state index contributed by atoms with van der Waals surface area (Å²) in [5.41, 5.74) is 0.402. The van der Waals surface area contributed by atoms with Gasteiger partial charge in [-0.25, -0.2) is 8.42 Å². The quantitative estimate of drug-likeness (QED) is 0.766. The molecule has 1 heterocycles. The molecule has 0 saturated carbocycles. The Bertz CT molecular complexity index is 720. The molecule has 19 heavy (non-hydrogen) atoms. The predicted molar refractivity (Wildman–Crippen MR) is 70.2 cm³/mol. The molecule has 0 spiro atoms. The first-order valence-electron chi connectivity index (χ1n) is 5.42. The van der Waals surface area contributed by atoms with E-state index in [0.29, 0.717) is 11.3 Å². The molecule has 0 aliphatic carbocycles. The molecular weight excluding hydrogens is 268 g/mol. The maximum absolute atomic E-state index is 12.0. The van der Waals surface area contributed by atoms with E-state index < -0.39 is 15.5 Å². The fourth-order valence-electron chi connectivity index (χ4n) is 1.50. The maximum Gasteiger partial charge on any atom is 0.267 e. The molecular formula is C12H12N2O4S. The molecule has 1 aromatic heterocycles. The van der Waals surface area contributed by atoms with Crippen LogP contribution in [0.15, 0.2) is 52.4 Å². The Morgan fingerprint density at radius 1 is 1.16 bits per heavy atom. The van der Waals surface area contributed by atoms with Gasteiger partial charge in [-0.3, -0.25) is 9.52 Å². The fourth-order valence-corrected chi connectivity index (χ4v) is 2.61. The van der Waals surface area contributed by atoms with Gasteiger partial charge in [-0.05, 0) is 17.7 Å². The third-order valence-corrected chi connectivity index (χ3v) is 3.87. The van der Waals surface area contributed by atoms with Crippen molar-refractivity contribution in [1.29, 1.82) is 0 Å². The van der Waals surface area contributed by atoms with Gasteiger partial charge in [0.15, 0.2) is 4.90 Å². The second-order valence-corrected chi connectivity index (χ2v) is 5.48. The number of benzene rings is 1. The van der Waals surface area contributed by atoms with E-state index in [0.717, 1.165) is 12.3 Å². The molecule has 7 heteroatoms. The molecule has 0 aliphatic heterocycles. The molecule has 0 saturated heterocycles. The summed E-state index contributed by atoms with van der Waals surface area (Å²) >= 11 is 0. The van der Waals surface area contributed by atoms with Gasteiger partial charge in [0.2, 0.25) is 5.43 Å². The minimum Gasteiger partial charge on any atom is -0.392 e. The molecule has 100 valence electrons. The first-order valence-corrected chi connectivity index (χ1v) is 6.91. The number of rotatable bonds is 4. The number of aliphatic hydroxyl groups is 1. The standard InChI is InChI=1S/C12H12N2O4S/c15-8-9-1-3-10(4-2-9)14-19(17,18)12-7-13-6-5-11(12)16/h1-7,14-15H,8H2,(H,13,16). The van der Waals surface area contributed by atoms with Gasteiger partial charge in [0, 0.05) is 24.1 Å². The highest BCUT2D eigenvalue weighted by Crippen LogP contribution is 2.14. The SMILES string of the molecule is O=c1cc[nH]cc1S(=O)(=O)Nc1ccc(CO)cc1. The van der Waals surface area contributed by atoms with Gasteiger partial charge in [-0.1, -0.05) is 12.1 Å². The van der Waals surface area contributed by atoms with E-state index in [-0.39, 0.29) is 11.5 Å². The van der Waals surface area contributed by atoms with Crippen LogP contribution in [0.4, 0.5) is 5.69 Å². The Labute approximate surface area is 109 Å². The molecule has 0 amide bonds. The summed E-state index contributed by atoms with van der Waals surface area (Å²) < 4.78 is 26.3. The van der Waals surface area contributed by atoms with E-state index in [4.69, 9.17) is 5.11 Å². The van der Waals surface area contributed by atoms with Crippen LogP contribution < -0.4 is 10.2 Å². The zero-order valence-electron chi connectivity index (χ0n) is 9.83. The average molecular weight is 280 g/mol. The average Bonchev–Trinajstić information content (AvgIpc) is 2.39. The lowest BCUT2D eigenvalue weighted by Crippen LogP contribution is -2.20. The van der Waals surface area contributed by atoms with Crippen LogP contribution in [-0.2, 0) is 16.6 Å². The second kappa shape index (κ2) is 5.25. The molecule has 2 aromatic rings. The molecule has 0 unspecified atom stereocenters. The van der Waals surface area contributed by atoms with E-state index in [2.05, 4.69) is 9.71 Å². The summed E-state index contributed by atoms with van der Waals surface area (Å²) in [6.07, 6.45) is 2.49. The van der Waals surface area contributed by atoms with Crippen molar-refractivity contribution in [2.45, 2.75) is 11.5 Å². The van der Waals surface area contributed by atoms with E-state index in [9.17, 15) is 13.2 Å². The number of aliphatic hydroxyl groups excluding tert-OH is 1. The molecule has 2 rings (SSSR count). The predicted octanol–water partition coefficient (Wildman–Crippen LogP) is 0.668. The van der Waals surface area contributed by atoms with Crippen LogP contribution in [0.25, 0.3) is 0 Å². The van der Waals surface area contributed by atoms with Gasteiger partial charge in [-0.2, -0.15) is 0 Å².